The molecule has 0 amide bonds. The molecule has 1 N–H and O–H groups in total. The Morgan fingerprint density at radius 3 is 3.06 bits per heavy atom. The second-order valence-corrected chi connectivity index (χ2v) is 3.16. The summed E-state index contributed by atoms with van der Waals surface area (Å²) < 4.78 is 6.96. The second kappa shape index (κ2) is 4.60. The first kappa shape index (κ1) is 11.1. The fourth-order valence-corrected chi connectivity index (χ4v) is 1.18. The summed E-state index contributed by atoms with van der Waals surface area (Å²) >= 11 is 0. The van der Waals surface area contributed by atoms with Gasteiger partial charge in [-0.15, -0.1) is 0 Å². The highest BCUT2D eigenvalue weighted by atomic mass is 16.5. The SMILES string of the molecule is CCn1cc(Oc2nccc(C(=O)O)n2)cn1. The third-order valence-electron chi connectivity index (χ3n) is 2.00. The molecule has 0 aliphatic heterocycles. The Balaban J connectivity index is 2.18. The number of aryl methyl sites for hydroxylation is 1. The second-order valence-electron chi connectivity index (χ2n) is 3.16. The third-order valence-corrected chi connectivity index (χ3v) is 2.00. The van der Waals surface area contributed by atoms with E-state index in [9.17, 15) is 4.79 Å². The molecule has 2 rings (SSSR count). The van der Waals surface area contributed by atoms with Gasteiger partial charge in [0.15, 0.2) is 11.4 Å². The van der Waals surface area contributed by atoms with Crippen molar-refractivity contribution in [1.82, 2.24) is 19.7 Å². The van der Waals surface area contributed by atoms with Crippen LogP contribution >= 0.6 is 0 Å². The molecule has 0 aliphatic carbocycles. The van der Waals surface area contributed by atoms with Gasteiger partial charge in [0.2, 0.25) is 0 Å². The van der Waals surface area contributed by atoms with Gasteiger partial charge < -0.3 is 9.84 Å². The minimum Gasteiger partial charge on any atom is -0.477 e. The molecule has 0 saturated heterocycles. The maximum absolute atomic E-state index is 10.7. The number of aromatic nitrogens is 4. The van der Waals surface area contributed by atoms with Crippen LogP contribution in [0.5, 0.6) is 11.8 Å². The molecule has 2 heterocycles. The lowest BCUT2D eigenvalue weighted by Crippen LogP contribution is -2.02. The number of carbonyl (C=O) groups is 1. The van der Waals surface area contributed by atoms with Gasteiger partial charge in [0.25, 0.3) is 0 Å². The Bertz CT molecular complexity index is 538. The molecule has 2 aromatic rings. The van der Waals surface area contributed by atoms with Gasteiger partial charge in [-0.2, -0.15) is 10.1 Å². The van der Waals surface area contributed by atoms with E-state index in [0.29, 0.717) is 5.75 Å². The molecule has 0 saturated carbocycles. The van der Waals surface area contributed by atoms with Crippen molar-refractivity contribution in [1.29, 1.82) is 0 Å². The van der Waals surface area contributed by atoms with Gasteiger partial charge >= 0.3 is 12.0 Å². The van der Waals surface area contributed by atoms with Gasteiger partial charge in [-0.1, -0.05) is 0 Å². The van der Waals surface area contributed by atoms with Crippen molar-refractivity contribution >= 4 is 5.97 Å². The summed E-state index contributed by atoms with van der Waals surface area (Å²) in [4.78, 5) is 18.2. The van der Waals surface area contributed by atoms with E-state index in [1.807, 2.05) is 6.92 Å². The largest absolute Gasteiger partial charge is 0.477 e. The van der Waals surface area contributed by atoms with Gasteiger partial charge in [-0.3, -0.25) is 4.68 Å². The summed E-state index contributed by atoms with van der Waals surface area (Å²) in [6.07, 6.45) is 4.52. The van der Waals surface area contributed by atoms with Crippen molar-refractivity contribution in [2.75, 3.05) is 0 Å². The molecule has 7 heteroatoms. The van der Waals surface area contributed by atoms with Crippen LogP contribution in [0.15, 0.2) is 24.7 Å². The number of aromatic carboxylic acids is 1. The summed E-state index contributed by atoms with van der Waals surface area (Å²) in [7, 11) is 0. The fraction of sp³-hybridized carbons (Fsp3) is 0.200. The van der Waals surface area contributed by atoms with E-state index in [1.165, 1.54) is 18.5 Å². The van der Waals surface area contributed by atoms with Crippen LogP contribution in [0.4, 0.5) is 0 Å². The fourth-order valence-electron chi connectivity index (χ4n) is 1.18. The van der Waals surface area contributed by atoms with Crippen LogP contribution in [0, 0.1) is 0 Å². The maximum atomic E-state index is 10.7. The molecular formula is C10H10N4O3. The molecule has 0 aromatic carbocycles. The van der Waals surface area contributed by atoms with Gasteiger partial charge in [-0.25, -0.2) is 9.78 Å². The molecule has 0 atom stereocenters. The van der Waals surface area contributed by atoms with E-state index in [2.05, 4.69) is 15.1 Å². The van der Waals surface area contributed by atoms with E-state index in [-0.39, 0.29) is 11.7 Å². The Labute approximate surface area is 96.7 Å². The summed E-state index contributed by atoms with van der Waals surface area (Å²) in [5, 5.41) is 12.8. The van der Waals surface area contributed by atoms with Crippen molar-refractivity contribution in [3.63, 3.8) is 0 Å². The normalized spacial score (nSPS) is 10.2. The third kappa shape index (κ3) is 2.57. The minimum absolute atomic E-state index is 0.0134. The molecule has 0 bridgehead atoms. The molecule has 17 heavy (non-hydrogen) atoms. The summed E-state index contributed by atoms with van der Waals surface area (Å²) in [5.74, 6) is -0.657. The molecule has 7 nitrogen and oxygen atoms in total. The zero-order valence-electron chi connectivity index (χ0n) is 9.07. The lowest BCUT2D eigenvalue weighted by atomic mass is 10.4. The van der Waals surface area contributed by atoms with Crippen LogP contribution in [0.2, 0.25) is 0 Å². The van der Waals surface area contributed by atoms with Crippen LogP contribution < -0.4 is 4.74 Å². The van der Waals surface area contributed by atoms with Crippen LogP contribution in [0.1, 0.15) is 17.4 Å². The van der Waals surface area contributed by atoms with Crippen molar-refractivity contribution in [2.45, 2.75) is 13.5 Å². The predicted octanol–water partition coefficient (Wildman–Crippen LogP) is 1.18. The highest BCUT2D eigenvalue weighted by Crippen LogP contribution is 2.16. The van der Waals surface area contributed by atoms with Crippen LogP contribution in [-0.2, 0) is 6.54 Å². The molecular weight excluding hydrogens is 224 g/mol. The smallest absolute Gasteiger partial charge is 0.354 e. The summed E-state index contributed by atoms with van der Waals surface area (Å²) in [6.45, 7) is 2.66. The van der Waals surface area contributed by atoms with Gasteiger partial charge in [0, 0.05) is 12.7 Å². The Hall–Kier alpha value is -2.44. The first-order valence-electron chi connectivity index (χ1n) is 4.95. The van der Waals surface area contributed by atoms with E-state index in [0.717, 1.165) is 6.54 Å². The van der Waals surface area contributed by atoms with Gasteiger partial charge in [-0.05, 0) is 13.0 Å². The Kier molecular flexibility index (Phi) is 2.99. The zero-order chi connectivity index (χ0) is 12.3. The number of hydrogen-bond donors (Lipinski definition) is 1. The number of ether oxygens (including phenoxy) is 1. The van der Waals surface area contributed by atoms with Gasteiger partial charge in [0.1, 0.15) is 0 Å². The standard InChI is InChI=1S/C10H10N4O3/c1-2-14-6-7(5-12-14)17-10-11-4-3-8(13-10)9(15)16/h3-6H,2H2,1H3,(H,15,16). The van der Waals surface area contributed by atoms with E-state index < -0.39 is 5.97 Å². The van der Waals surface area contributed by atoms with Crippen molar-refractivity contribution in [3.05, 3.63) is 30.4 Å². The number of carboxylic acids is 1. The van der Waals surface area contributed by atoms with Crippen molar-refractivity contribution in [2.24, 2.45) is 0 Å². The lowest BCUT2D eigenvalue weighted by molar-refractivity contribution is 0.0689. The monoisotopic (exact) mass is 234 g/mol. The average Bonchev–Trinajstić information content (AvgIpc) is 2.77. The van der Waals surface area contributed by atoms with Crippen LogP contribution in [0.25, 0.3) is 0 Å². The van der Waals surface area contributed by atoms with Crippen molar-refractivity contribution in [3.8, 4) is 11.8 Å². The Morgan fingerprint density at radius 1 is 1.59 bits per heavy atom. The summed E-state index contributed by atoms with van der Waals surface area (Å²) in [5.41, 5.74) is -0.113. The Morgan fingerprint density at radius 2 is 2.41 bits per heavy atom. The molecule has 0 radical (unpaired) electrons. The quantitative estimate of drug-likeness (QED) is 0.854. The zero-order valence-corrected chi connectivity index (χ0v) is 9.07. The number of carboxylic acid groups (broad SMARTS) is 1. The van der Waals surface area contributed by atoms with Crippen molar-refractivity contribution < 1.29 is 14.6 Å². The molecule has 0 aliphatic rings. The molecule has 0 fully saturated rings. The topological polar surface area (TPSA) is 90.1 Å². The van der Waals surface area contributed by atoms with E-state index in [1.54, 1.807) is 10.9 Å². The molecule has 88 valence electrons. The minimum atomic E-state index is -1.12. The molecule has 2 aromatic heterocycles. The van der Waals surface area contributed by atoms with Gasteiger partial charge in [0.05, 0.1) is 12.4 Å². The maximum Gasteiger partial charge on any atom is 0.354 e. The molecule has 0 unspecified atom stereocenters. The van der Waals surface area contributed by atoms with Crippen LogP contribution in [0.3, 0.4) is 0 Å². The number of nitrogens with zero attached hydrogens (tertiary/aromatic N) is 4. The molecule has 0 spiro atoms. The van der Waals surface area contributed by atoms with E-state index in [4.69, 9.17) is 9.84 Å². The first-order valence-corrected chi connectivity index (χ1v) is 4.95. The number of rotatable bonds is 4. The highest BCUT2D eigenvalue weighted by Gasteiger charge is 2.08. The highest BCUT2D eigenvalue weighted by molar-refractivity contribution is 5.85. The van der Waals surface area contributed by atoms with E-state index >= 15 is 0 Å². The predicted molar refractivity (Wildman–Crippen MR) is 57.0 cm³/mol. The number of hydrogen-bond acceptors (Lipinski definition) is 5. The summed E-state index contributed by atoms with van der Waals surface area (Å²) in [6, 6.07) is 1.28. The average molecular weight is 234 g/mol. The lowest BCUT2D eigenvalue weighted by Gasteiger charge is -2.00. The van der Waals surface area contributed by atoms with Crippen LogP contribution in [-0.4, -0.2) is 30.8 Å². The first-order chi connectivity index (χ1) is 8.19.